The summed E-state index contributed by atoms with van der Waals surface area (Å²) >= 11 is 0. The molecule has 0 aliphatic heterocycles. The summed E-state index contributed by atoms with van der Waals surface area (Å²) in [5.41, 5.74) is 5.82. The molecular formula is C20H19F3N4O2. The number of carboxylic acids is 1. The zero-order valence-corrected chi connectivity index (χ0v) is 15.3. The van der Waals surface area contributed by atoms with Crippen LogP contribution in [0.25, 0.3) is 22.3 Å². The zero-order valence-electron chi connectivity index (χ0n) is 15.3. The molecule has 4 N–H and O–H groups in total. The van der Waals surface area contributed by atoms with Gasteiger partial charge in [0, 0.05) is 23.2 Å². The van der Waals surface area contributed by atoms with E-state index in [9.17, 15) is 18.0 Å². The number of halogens is 3. The molecule has 2 aromatic heterocycles. The standard InChI is InChI=1S/C12H7F3N4.C8H12O2/c13-5-1-6-7(3-17-10(6)8(14)2-5)12-18-4-9(15)11(16)19-12;9-8(10)7-4-5-1-2-6(7)3-5/h1-4,17H,(H2,16,18,19);5-7H,1-4H2,(H,9,10). The van der Waals surface area contributed by atoms with Crippen molar-refractivity contribution in [3.63, 3.8) is 0 Å². The number of carboxylic acid groups (broad SMARTS) is 1. The van der Waals surface area contributed by atoms with E-state index in [-0.39, 0.29) is 28.5 Å². The van der Waals surface area contributed by atoms with Crippen molar-refractivity contribution >= 4 is 22.7 Å². The lowest BCUT2D eigenvalue weighted by Gasteiger charge is -2.16. The van der Waals surface area contributed by atoms with Crippen molar-refractivity contribution in [2.75, 3.05) is 5.73 Å². The number of nitrogens with zero attached hydrogens (tertiary/aromatic N) is 2. The molecule has 2 bridgehead atoms. The number of nitrogen functional groups attached to an aromatic ring is 1. The highest BCUT2D eigenvalue weighted by Gasteiger charge is 2.42. The summed E-state index contributed by atoms with van der Waals surface area (Å²) in [6.45, 7) is 0. The van der Waals surface area contributed by atoms with E-state index in [2.05, 4.69) is 15.0 Å². The number of carbonyl (C=O) groups is 1. The number of fused-ring (bicyclic) bond motifs is 3. The van der Waals surface area contributed by atoms with E-state index in [1.807, 2.05) is 0 Å². The largest absolute Gasteiger partial charge is 0.481 e. The van der Waals surface area contributed by atoms with E-state index in [1.54, 1.807) is 0 Å². The number of aromatic amines is 1. The Morgan fingerprint density at radius 3 is 2.55 bits per heavy atom. The molecule has 5 rings (SSSR count). The Morgan fingerprint density at radius 2 is 1.97 bits per heavy atom. The average Bonchev–Trinajstić information content (AvgIpc) is 3.39. The maximum absolute atomic E-state index is 13.5. The van der Waals surface area contributed by atoms with Crippen molar-refractivity contribution in [2.45, 2.75) is 25.7 Å². The lowest BCUT2D eigenvalue weighted by molar-refractivity contribution is -0.143. The topological polar surface area (TPSA) is 105 Å². The van der Waals surface area contributed by atoms with Crippen LogP contribution in [0, 0.1) is 35.2 Å². The fourth-order valence-corrected chi connectivity index (χ4v) is 4.40. The molecule has 3 atom stereocenters. The molecule has 1 aromatic carbocycles. The summed E-state index contributed by atoms with van der Waals surface area (Å²) < 4.78 is 39.8. The van der Waals surface area contributed by atoms with Crippen LogP contribution in [0.2, 0.25) is 0 Å². The Balaban J connectivity index is 0.000000171. The van der Waals surface area contributed by atoms with Crippen LogP contribution < -0.4 is 5.73 Å². The van der Waals surface area contributed by atoms with Gasteiger partial charge in [0.1, 0.15) is 11.6 Å². The van der Waals surface area contributed by atoms with Gasteiger partial charge in [-0.3, -0.25) is 4.79 Å². The Bertz CT molecular complexity index is 1090. The van der Waals surface area contributed by atoms with Crippen LogP contribution in [0.15, 0.2) is 24.5 Å². The van der Waals surface area contributed by atoms with Gasteiger partial charge < -0.3 is 15.8 Å². The molecule has 152 valence electrons. The molecule has 0 spiro atoms. The molecule has 2 saturated carbocycles. The van der Waals surface area contributed by atoms with Crippen molar-refractivity contribution in [2.24, 2.45) is 17.8 Å². The summed E-state index contributed by atoms with van der Waals surface area (Å²) in [6, 6.07) is 1.91. The third-order valence-corrected chi connectivity index (χ3v) is 5.77. The zero-order chi connectivity index (χ0) is 20.7. The number of aliphatic carboxylic acids is 1. The lowest BCUT2D eigenvalue weighted by Crippen LogP contribution is -2.19. The molecule has 6 nitrogen and oxygen atoms in total. The Hall–Kier alpha value is -3.10. The number of rotatable bonds is 2. The molecule has 2 aliphatic rings. The highest BCUT2D eigenvalue weighted by molar-refractivity contribution is 5.94. The van der Waals surface area contributed by atoms with E-state index in [0.29, 0.717) is 11.5 Å². The maximum Gasteiger partial charge on any atom is 0.306 e. The molecule has 2 heterocycles. The number of benzene rings is 1. The number of nitrogens with one attached hydrogen (secondary N) is 1. The van der Waals surface area contributed by atoms with Gasteiger partial charge in [0.05, 0.1) is 17.6 Å². The van der Waals surface area contributed by atoms with Crippen LogP contribution in [-0.4, -0.2) is 26.0 Å². The van der Waals surface area contributed by atoms with Crippen LogP contribution in [0.4, 0.5) is 19.0 Å². The minimum absolute atomic E-state index is 0.0127. The first-order chi connectivity index (χ1) is 13.8. The Labute approximate surface area is 164 Å². The normalized spacial score (nSPS) is 22.5. The van der Waals surface area contributed by atoms with Crippen LogP contribution in [-0.2, 0) is 4.79 Å². The first-order valence-electron chi connectivity index (χ1n) is 9.30. The predicted octanol–water partition coefficient (Wildman–Crippen LogP) is 4.13. The number of aromatic nitrogens is 3. The second kappa shape index (κ2) is 7.38. The van der Waals surface area contributed by atoms with Gasteiger partial charge in [0.15, 0.2) is 17.5 Å². The number of hydrogen-bond donors (Lipinski definition) is 3. The van der Waals surface area contributed by atoms with Gasteiger partial charge >= 0.3 is 5.97 Å². The minimum atomic E-state index is -0.749. The predicted molar refractivity (Wildman–Crippen MR) is 100 cm³/mol. The van der Waals surface area contributed by atoms with Crippen LogP contribution >= 0.6 is 0 Å². The van der Waals surface area contributed by atoms with Crippen LogP contribution in [0.5, 0.6) is 0 Å². The second-order valence-corrected chi connectivity index (χ2v) is 7.56. The van der Waals surface area contributed by atoms with Crippen molar-refractivity contribution in [1.29, 1.82) is 0 Å². The molecule has 2 fully saturated rings. The van der Waals surface area contributed by atoms with Crippen LogP contribution in [0.3, 0.4) is 0 Å². The van der Waals surface area contributed by atoms with Crippen molar-refractivity contribution in [3.05, 3.63) is 42.0 Å². The summed E-state index contributed by atoms with van der Waals surface area (Å²) in [7, 11) is 0. The summed E-state index contributed by atoms with van der Waals surface area (Å²) in [5, 5.41) is 9.00. The Kier molecular flexibility index (Phi) is 4.89. The fraction of sp³-hybridized carbons (Fsp3) is 0.350. The van der Waals surface area contributed by atoms with Gasteiger partial charge in [0.25, 0.3) is 0 Å². The monoisotopic (exact) mass is 404 g/mol. The van der Waals surface area contributed by atoms with E-state index in [4.69, 9.17) is 10.8 Å². The summed E-state index contributed by atoms with van der Waals surface area (Å²) in [4.78, 5) is 20.8. The van der Waals surface area contributed by atoms with E-state index < -0.39 is 23.4 Å². The molecule has 0 saturated heterocycles. The van der Waals surface area contributed by atoms with Gasteiger partial charge in [-0.05, 0) is 37.2 Å². The molecule has 2 aliphatic carbocycles. The average molecular weight is 404 g/mol. The molecular weight excluding hydrogens is 385 g/mol. The van der Waals surface area contributed by atoms with Gasteiger partial charge in [-0.1, -0.05) is 6.42 Å². The molecule has 29 heavy (non-hydrogen) atoms. The third-order valence-electron chi connectivity index (χ3n) is 5.77. The first kappa shape index (κ1) is 19.2. The smallest absolute Gasteiger partial charge is 0.306 e. The third kappa shape index (κ3) is 3.64. The highest BCUT2D eigenvalue weighted by atomic mass is 19.1. The first-order valence-corrected chi connectivity index (χ1v) is 9.30. The fourth-order valence-electron chi connectivity index (χ4n) is 4.40. The molecule has 0 amide bonds. The van der Waals surface area contributed by atoms with Crippen molar-refractivity contribution < 1.29 is 23.1 Å². The van der Waals surface area contributed by atoms with Gasteiger partial charge in [0.2, 0.25) is 0 Å². The van der Waals surface area contributed by atoms with E-state index >= 15 is 0 Å². The van der Waals surface area contributed by atoms with Crippen LogP contribution in [0.1, 0.15) is 25.7 Å². The lowest BCUT2D eigenvalue weighted by atomic mass is 9.89. The SMILES string of the molecule is Nc1nc(-c2c[nH]c3c(F)cc(F)cc23)ncc1F.O=C(O)C1CC2CCC1C2. The summed E-state index contributed by atoms with van der Waals surface area (Å²) in [5.74, 6) is -1.69. The molecule has 3 aromatic rings. The molecule has 3 unspecified atom stereocenters. The number of anilines is 1. The van der Waals surface area contributed by atoms with Crippen molar-refractivity contribution in [3.8, 4) is 11.4 Å². The number of hydrogen-bond acceptors (Lipinski definition) is 4. The Morgan fingerprint density at radius 1 is 1.17 bits per heavy atom. The second-order valence-electron chi connectivity index (χ2n) is 7.56. The van der Waals surface area contributed by atoms with Gasteiger partial charge in [-0.15, -0.1) is 0 Å². The van der Waals surface area contributed by atoms with Gasteiger partial charge in [-0.2, -0.15) is 0 Å². The highest BCUT2D eigenvalue weighted by Crippen LogP contribution is 2.48. The summed E-state index contributed by atoms with van der Waals surface area (Å²) in [6.07, 6.45) is 6.93. The number of nitrogens with two attached hydrogens (primary N) is 1. The van der Waals surface area contributed by atoms with E-state index in [1.165, 1.54) is 25.5 Å². The molecule has 0 radical (unpaired) electrons. The maximum atomic E-state index is 13.5. The minimum Gasteiger partial charge on any atom is -0.481 e. The van der Waals surface area contributed by atoms with Crippen molar-refractivity contribution in [1.82, 2.24) is 15.0 Å². The van der Waals surface area contributed by atoms with Gasteiger partial charge in [-0.25, -0.2) is 23.1 Å². The number of H-pyrrole nitrogens is 1. The van der Waals surface area contributed by atoms with E-state index in [0.717, 1.165) is 30.7 Å². The molecule has 9 heteroatoms. The quantitative estimate of drug-likeness (QED) is 0.596.